The molecule has 7 nitrogen and oxygen atoms in total. The number of piperidine rings is 1. The number of anilines is 1. The Morgan fingerprint density at radius 2 is 1.81 bits per heavy atom. The highest BCUT2D eigenvalue weighted by atomic mass is 35.5. The van der Waals surface area contributed by atoms with Crippen LogP contribution < -0.4 is 21.3 Å². The number of amides is 3. The lowest BCUT2D eigenvalue weighted by atomic mass is 9.90. The summed E-state index contributed by atoms with van der Waals surface area (Å²) in [6, 6.07) is 7.54. The molecule has 4 N–H and O–H groups in total. The number of hydrogen-bond donors (Lipinski definition) is 4. The van der Waals surface area contributed by atoms with E-state index in [4.69, 9.17) is 4.74 Å². The maximum Gasteiger partial charge on any atom is 0.319 e. The van der Waals surface area contributed by atoms with Crippen molar-refractivity contribution in [2.45, 2.75) is 50.3 Å². The van der Waals surface area contributed by atoms with E-state index >= 15 is 0 Å². The number of ether oxygens (including phenoxy) is 1. The minimum atomic E-state index is -0.748. The topological polar surface area (TPSA) is 91.5 Å². The van der Waals surface area contributed by atoms with E-state index in [1.165, 1.54) is 0 Å². The van der Waals surface area contributed by atoms with Crippen LogP contribution >= 0.6 is 12.4 Å². The van der Waals surface area contributed by atoms with Gasteiger partial charge in [-0.2, -0.15) is 0 Å². The summed E-state index contributed by atoms with van der Waals surface area (Å²) >= 11 is 0. The van der Waals surface area contributed by atoms with Crippen LogP contribution in [0.1, 0.15) is 44.2 Å². The number of halogens is 1. The monoisotopic (exact) mass is 396 g/mol. The van der Waals surface area contributed by atoms with Gasteiger partial charge < -0.3 is 26.0 Å². The van der Waals surface area contributed by atoms with Crippen molar-refractivity contribution < 1.29 is 14.3 Å². The molecule has 1 atom stereocenters. The zero-order chi connectivity index (χ0) is 18.6. The molecule has 0 aromatic heterocycles. The number of carbonyl (C=O) groups excluding carboxylic acids is 2. The Labute approximate surface area is 166 Å². The second-order valence-electron chi connectivity index (χ2n) is 7.14. The van der Waals surface area contributed by atoms with Crippen molar-refractivity contribution in [1.29, 1.82) is 0 Å². The van der Waals surface area contributed by atoms with Gasteiger partial charge in [-0.05, 0) is 63.4 Å². The van der Waals surface area contributed by atoms with Crippen molar-refractivity contribution in [2.24, 2.45) is 0 Å². The van der Waals surface area contributed by atoms with Crippen LogP contribution in [0.4, 0.5) is 10.5 Å². The zero-order valence-electron chi connectivity index (χ0n) is 15.8. The Hall–Kier alpha value is -1.83. The highest BCUT2D eigenvalue weighted by Gasteiger charge is 2.40. The molecule has 2 fully saturated rings. The SMILES string of the molecule is COC1(C(=O)NC(C)c2ccc(NC(=O)NC3CC3)cc2)CCNCC1.Cl. The van der Waals surface area contributed by atoms with Crippen molar-refractivity contribution in [3.8, 4) is 0 Å². The normalized spacial score (nSPS) is 19.3. The van der Waals surface area contributed by atoms with Crippen LogP contribution in [-0.2, 0) is 9.53 Å². The van der Waals surface area contributed by atoms with Crippen LogP contribution in [0.2, 0.25) is 0 Å². The number of nitrogens with one attached hydrogen (secondary N) is 4. The van der Waals surface area contributed by atoms with E-state index < -0.39 is 5.60 Å². The summed E-state index contributed by atoms with van der Waals surface area (Å²) in [5.74, 6) is -0.0694. The number of rotatable bonds is 6. The van der Waals surface area contributed by atoms with Crippen molar-refractivity contribution in [1.82, 2.24) is 16.0 Å². The number of hydrogen-bond acceptors (Lipinski definition) is 4. The highest BCUT2D eigenvalue weighted by molar-refractivity contribution is 5.89. The Balaban J connectivity index is 0.00000261. The van der Waals surface area contributed by atoms with Crippen LogP contribution in [0.25, 0.3) is 0 Å². The summed E-state index contributed by atoms with van der Waals surface area (Å²) in [5.41, 5.74) is 0.964. The molecule has 1 aliphatic heterocycles. The van der Waals surface area contributed by atoms with Crippen LogP contribution in [-0.4, -0.2) is 43.8 Å². The average molecular weight is 397 g/mol. The lowest BCUT2D eigenvalue weighted by molar-refractivity contribution is -0.147. The molecule has 0 radical (unpaired) electrons. The number of benzene rings is 1. The first-order valence-corrected chi connectivity index (χ1v) is 9.27. The predicted molar refractivity (Wildman–Crippen MR) is 107 cm³/mol. The van der Waals surface area contributed by atoms with Gasteiger partial charge in [-0.15, -0.1) is 12.4 Å². The number of carbonyl (C=O) groups is 2. The van der Waals surface area contributed by atoms with Gasteiger partial charge in [0.05, 0.1) is 6.04 Å². The van der Waals surface area contributed by atoms with Gasteiger partial charge in [0.15, 0.2) is 0 Å². The van der Waals surface area contributed by atoms with Gasteiger partial charge in [0.2, 0.25) is 0 Å². The molecule has 3 rings (SSSR count). The fourth-order valence-corrected chi connectivity index (χ4v) is 3.20. The maximum atomic E-state index is 12.7. The van der Waals surface area contributed by atoms with Gasteiger partial charge in [-0.25, -0.2) is 4.79 Å². The molecule has 1 unspecified atom stereocenters. The summed E-state index contributed by atoms with van der Waals surface area (Å²) in [6.45, 7) is 3.50. The summed E-state index contributed by atoms with van der Waals surface area (Å²) < 4.78 is 5.57. The first kappa shape index (κ1) is 21.5. The lowest BCUT2D eigenvalue weighted by Gasteiger charge is -2.35. The average Bonchev–Trinajstić information content (AvgIpc) is 3.46. The van der Waals surface area contributed by atoms with Crippen LogP contribution in [0, 0.1) is 0 Å². The molecule has 1 aromatic rings. The third-order valence-corrected chi connectivity index (χ3v) is 5.14. The van der Waals surface area contributed by atoms with E-state index in [1.54, 1.807) is 7.11 Å². The maximum absolute atomic E-state index is 12.7. The highest BCUT2D eigenvalue weighted by Crippen LogP contribution is 2.25. The molecular weight excluding hydrogens is 368 g/mol. The minimum absolute atomic E-state index is 0. The summed E-state index contributed by atoms with van der Waals surface area (Å²) in [7, 11) is 1.60. The molecule has 8 heteroatoms. The van der Waals surface area contributed by atoms with E-state index in [0.717, 1.165) is 37.2 Å². The van der Waals surface area contributed by atoms with E-state index in [2.05, 4.69) is 21.3 Å². The molecule has 2 aliphatic rings. The third kappa shape index (κ3) is 5.57. The molecule has 0 spiro atoms. The second kappa shape index (κ2) is 9.39. The van der Waals surface area contributed by atoms with Gasteiger partial charge in [-0.1, -0.05) is 12.1 Å². The minimum Gasteiger partial charge on any atom is -0.368 e. The fourth-order valence-electron chi connectivity index (χ4n) is 3.20. The number of methoxy groups -OCH3 is 1. The predicted octanol–water partition coefficient (Wildman–Crippen LogP) is 2.34. The molecule has 1 aromatic carbocycles. The first-order valence-electron chi connectivity index (χ1n) is 9.27. The smallest absolute Gasteiger partial charge is 0.319 e. The van der Waals surface area contributed by atoms with Crippen LogP contribution in [0.5, 0.6) is 0 Å². The molecule has 1 aliphatic carbocycles. The van der Waals surface area contributed by atoms with Crippen LogP contribution in [0.3, 0.4) is 0 Å². The van der Waals surface area contributed by atoms with E-state index in [1.807, 2.05) is 31.2 Å². The third-order valence-electron chi connectivity index (χ3n) is 5.14. The quantitative estimate of drug-likeness (QED) is 0.594. The summed E-state index contributed by atoms with van der Waals surface area (Å²) in [5, 5.41) is 12.0. The Morgan fingerprint density at radius 3 is 2.37 bits per heavy atom. The summed E-state index contributed by atoms with van der Waals surface area (Å²) in [4.78, 5) is 24.5. The molecule has 3 amide bonds. The zero-order valence-corrected chi connectivity index (χ0v) is 16.7. The van der Waals surface area contributed by atoms with Gasteiger partial charge >= 0.3 is 6.03 Å². The van der Waals surface area contributed by atoms with E-state index in [-0.39, 0.29) is 30.4 Å². The Bertz CT molecular complexity index is 643. The van der Waals surface area contributed by atoms with Crippen molar-refractivity contribution in [3.05, 3.63) is 29.8 Å². The Kier molecular flexibility index (Phi) is 7.47. The lowest BCUT2D eigenvalue weighted by Crippen LogP contribution is -2.54. The molecular formula is C19H29ClN4O3. The molecule has 27 heavy (non-hydrogen) atoms. The standard InChI is InChI=1S/C19H28N4O3.ClH/c1-13(21-17(24)19(26-2)9-11-20-12-10-19)14-3-5-15(6-4-14)22-18(25)23-16-7-8-16;/h3-6,13,16,20H,7-12H2,1-2H3,(H,21,24)(H2,22,23,25);1H. The second-order valence-corrected chi connectivity index (χ2v) is 7.14. The van der Waals surface area contributed by atoms with Crippen molar-refractivity contribution >= 4 is 30.0 Å². The van der Waals surface area contributed by atoms with Crippen LogP contribution in [0.15, 0.2) is 24.3 Å². The van der Waals surface area contributed by atoms with E-state index in [9.17, 15) is 9.59 Å². The molecule has 0 bridgehead atoms. The molecule has 1 heterocycles. The van der Waals surface area contributed by atoms with Crippen molar-refractivity contribution in [2.75, 3.05) is 25.5 Å². The van der Waals surface area contributed by atoms with Gasteiger partial charge in [0, 0.05) is 18.8 Å². The van der Waals surface area contributed by atoms with E-state index in [0.29, 0.717) is 18.9 Å². The summed E-state index contributed by atoms with van der Waals surface area (Å²) in [6.07, 6.45) is 3.45. The van der Waals surface area contributed by atoms with Gasteiger partial charge in [-0.3, -0.25) is 4.79 Å². The largest absolute Gasteiger partial charge is 0.368 e. The van der Waals surface area contributed by atoms with Crippen molar-refractivity contribution in [3.63, 3.8) is 0 Å². The van der Waals surface area contributed by atoms with Gasteiger partial charge in [0.25, 0.3) is 5.91 Å². The fraction of sp³-hybridized carbons (Fsp3) is 0.579. The number of urea groups is 1. The Morgan fingerprint density at radius 1 is 1.19 bits per heavy atom. The first-order chi connectivity index (χ1) is 12.5. The van der Waals surface area contributed by atoms with Gasteiger partial charge in [0.1, 0.15) is 5.60 Å². The molecule has 1 saturated heterocycles. The molecule has 1 saturated carbocycles. The molecule has 150 valence electrons.